The molecule has 0 aromatic carbocycles. The van der Waals surface area contributed by atoms with Gasteiger partial charge in [0.05, 0.1) is 0 Å². The summed E-state index contributed by atoms with van der Waals surface area (Å²) in [5.74, 6) is 0.879. The maximum Gasteiger partial charge on any atom is 0.00922 e. The van der Waals surface area contributed by atoms with Gasteiger partial charge in [-0.2, -0.15) is 0 Å². The summed E-state index contributed by atoms with van der Waals surface area (Å²) in [7, 11) is 2.09. The highest BCUT2D eigenvalue weighted by molar-refractivity contribution is 4.82. The van der Waals surface area contributed by atoms with Gasteiger partial charge in [-0.15, -0.1) is 0 Å². The fraction of sp³-hybridized carbons (Fsp3) is 1.00. The third kappa shape index (κ3) is 3.28. The Labute approximate surface area is 82.3 Å². The average molecular weight is 184 g/mol. The smallest absolute Gasteiger partial charge is 0.00922 e. The molecule has 2 nitrogen and oxygen atoms in total. The van der Waals surface area contributed by atoms with Crippen molar-refractivity contribution in [3.05, 3.63) is 0 Å². The molecule has 0 heterocycles. The minimum absolute atomic E-state index is 0.482. The lowest BCUT2D eigenvalue weighted by molar-refractivity contribution is 0.250. The van der Waals surface area contributed by atoms with Gasteiger partial charge in [-0.1, -0.05) is 13.3 Å². The summed E-state index contributed by atoms with van der Waals surface area (Å²) in [6, 6.07) is 1.22. The van der Waals surface area contributed by atoms with Gasteiger partial charge in [0, 0.05) is 12.1 Å². The van der Waals surface area contributed by atoms with Crippen molar-refractivity contribution in [2.24, 2.45) is 11.7 Å². The topological polar surface area (TPSA) is 38.0 Å². The lowest BCUT2D eigenvalue weighted by atomic mass is 9.80. The van der Waals surface area contributed by atoms with E-state index in [-0.39, 0.29) is 0 Å². The molecule has 1 aliphatic rings. The molecule has 0 radical (unpaired) electrons. The molecule has 0 spiro atoms. The molecule has 1 saturated carbocycles. The predicted octanol–water partition coefficient (Wildman–Crippen LogP) is 1.89. The van der Waals surface area contributed by atoms with Crippen LogP contribution in [0.1, 0.15) is 45.4 Å². The zero-order valence-electron chi connectivity index (χ0n) is 9.05. The second kappa shape index (κ2) is 5.61. The fourth-order valence-corrected chi connectivity index (χ4v) is 2.47. The molecule has 1 atom stereocenters. The summed E-state index contributed by atoms with van der Waals surface area (Å²) in [6.07, 6.45) is 7.71. The third-order valence-corrected chi connectivity index (χ3v) is 3.36. The zero-order valence-corrected chi connectivity index (χ0v) is 9.05. The molecule has 0 aromatic rings. The summed E-state index contributed by atoms with van der Waals surface area (Å²) in [5.41, 5.74) is 5.89. The SMILES string of the molecule is CCCC(NC)C1CCC(N)CC1. The van der Waals surface area contributed by atoms with Crippen molar-refractivity contribution >= 4 is 0 Å². The molecule has 2 heteroatoms. The van der Waals surface area contributed by atoms with E-state index in [0.29, 0.717) is 6.04 Å². The minimum atomic E-state index is 0.482. The van der Waals surface area contributed by atoms with Crippen molar-refractivity contribution in [1.29, 1.82) is 0 Å². The van der Waals surface area contributed by atoms with Crippen molar-refractivity contribution in [2.45, 2.75) is 57.5 Å². The number of rotatable bonds is 4. The van der Waals surface area contributed by atoms with Gasteiger partial charge >= 0.3 is 0 Å². The van der Waals surface area contributed by atoms with Crippen LogP contribution in [0.5, 0.6) is 0 Å². The lowest BCUT2D eigenvalue weighted by Crippen LogP contribution is -2.38. The zero-order chi connectivity index (χ0) is 9.68. The maximum absolute atomic E-state index is 5.89. The molecule has 0 aromatic heterocycles. The first-order valence-electron chi connectivity index (χ1n) is 5.70. The van der Waals surface area contributed by atoms with Crippen LogP contribution in [-0.4, -0.2) is 19.1 Å². The molecular formula is C11H24N2. The summed E-state index contributed by atoms with van der Waals surface area (Å²) >= 11 is 0. The van der Waals surface area contributed by atoms with E-state index in [1.165, 1.54) is 38.5 Å². The quantitative estimate of drug-likeness (QED) is 0.700. The minimum Gasteiger partial charge on any atom is -0.328 e. The maximum atomic E-state index is 5.89. The van der Waals surface area contributed by atoms with Crippen LogP contribution in [0, 0.1) is 5.92 Å². The van der Waals surface area contributed by atoms with E-state index in [2.05, 4.69) is 19.3 Å². The van der Waals surface area contributed by atoms with E-state index in [1.54, 1.807) is 0 Å². The van der Waals surface area contributed by atoms with Gasteiger partial charge in [-0.05, 0) is 45.1 Å². The Balaban J connectivity index is 2.32. The highest BCUT2D eigenvalue weighted by Gasteiger charge is 2.24. The number of hydrogen-bond acceptors (Lipinski definition) is 2. The van der Waals surface area contributed by atoms with Crippen molar-refractivity contribution in [3.63, 3.8) is 0 Å². The van der Waals surface area contributed by atoms with Gasteiger partial charge in [-0.25, -0.2) is 0 Å². The van der Waals surface area contributed by atoms with Gasteiger partial charge in [0.2, 0.25) is 0 Å². The van der Waals surface area contributed by atoms with E-state index in [0.717, 1.165) is 12.0 Å². The van der Waals surface area contributed by atoms with E-state index >= 15 is 0 Å². The molecule has 3 N–H and O–H groups in total. The Morgan fingerprint density at radius 3 is 2.38 bits per heavy atom. The largest absolute Gasteiger partial charge is 0.328 e. The van der Waals surface area contributed by atoms with Crippen LogP contribution in [0.4, 0.5) is 0 Å². The average Bonchev–Trinajstić information content (AvgIpc) is 2.16. The first kappa shape index (κ1) is 11.0. The number of nitrogens with two attached hydrogens (primary N) is 1. The standard InChI is InChI=1S/C11H24N2/c1-3-4-11(13-2)9-5-7-10(12)8-6-9/h9-11,13H,3-8,12H2,1-2H3. The normalized spacial score (nSPS) is 31.6. The van der Waals surface area contributed by atoms with Crippen molar-refractivity contribution in [2.75, 3.05) is 7.05 Å². The molecule has 13 heavy (non-hydrogen) atoms. The molecule has 1 aliphatic carbocycles. The molecule has 0 amide bonds. The van der Waals surface area contributed by atoms with Crippen molar-refractivity contribution in [1.82, 2.24) is 5.32 Å². The number of hydrogen-bond donors (Lipinski definition) is 2. The summed E-state index contributed by atoms with van der Waals surface area (Å²) in [5, 5.41) is 3.45. The molecular weight excluding hydrogens is 160 g/mol. The van der Waals surface area contributed by atoms with E-state index in [9.17, 15) is 0 Å². The van der Waals surface area contributed by atoms with Crippen LogP contribution >= 0.6 is 0 Å². The van der Waals surface area contributed by atoms with Crippen molar-refractivity contribution < 1.29 is 0 Å². The van der Waals surface area contributed by atoms with Crippen LogP contribution in [0.15, 0.2) is 0 Å². The lowest BCUT2D eigenvalue weighted by Gasteiger charge is -2.32. The van der Waals surface area contributed by atoms with Gasteiger partial charge < -0.3 is 11.1 Å². The van der Waals surface area contributed by atoms with Crippen LogP contribution in [0.25, 0.3) is 0 Å². The van der Waals surface area contributed by atoms with Gasteiger partial charge in [0.15, 0.2) is 0 Å². The highest BCUT2D eigenvalue weighted by Crippen LogP contribution is 2.27. The molecule has 0 bridgehead atoms. The van der Waals surface area contributed by atoms with Gasteiger partial charge in [0.25, 0.3) is 0 Å². The predicted molar refractivity (Wildman–Crippen MR) is 57.7 cm³/mol. The summed E-state index contributed by atoms with van der Waals surface area (Å²) in [6.45, 7) is 2.26. The highest BCUT2D eigenvalue weighted by atomic mass is 14.9. The molecule has 78 valence electrons. The Bertz CT molecular complexity index is 128. The Morgan fingerprint density at radius 1 is 1.31 bits per heavy atom. The molecule has 1 rings (SSSR count). The first-order chi connectivity index (χ1) is 6.27. The van der Waals surface area contributed by atoms with Crippen LogP contribution in [-0.2, 0) is 0 Å². The van der Waals surface area contributed by atoms with Crippen LogP contribution in [0.2, 0.25) is 0 Å². The van der Waals surface area contributed by atoms with Crippen molar-refractivity contribution in [3.8, 4) is 0 Å². The van der Waals surface area contributed by atoms with E-state index in [4.69, 9.17) is 5.73 Å². The fourth-order valence-electron chi connectivity index (χ4n) is 2.47. The van der Waals surface area contributed by atoms with Gasteiger partial charge in [-0.3, -0.25) is 0 Å². The second-order valence-electron chi connectivity index (χ2n) is 4.36. The van der Waals surface area contributed by atoms with Gasteiger partial charge in [0.1, 0.15) is 0 Å². The third-order valence-electron chi connectivity index (χ3n) is 3.36. The van der Waals surface area contributed by atoms with Crippen LogP contribution < -0.4 is 11.1 Å². The Morgan fingerprint density at radius 2 is 1.92 bits per heavy atom. The Kier molecular flexibility index (Phi) is 4.74. The molecule has 1 unspecified atom stereocenters. The first-order valence-corrected chi connectivity index (χ1v) is 5.70. The monoisotopic (exact) mass is 184 g/mol. The number of nitrogens with one attached hydrogen (secondary N) is 1. The van der Waals surface area contributed by atoms with E-state index in [1.807, 2.05) is 0 Å². The molecule has 1 fully saturated rings. The summed E-state index contributed by atoms with van der Waals surface area (Å²) < 4.78 is 0. The molecule has 0 aliphatic heterocycles. The van der Waals surface area contributed by atoms with Crippen LogP contribution in [0.3, 0.4) is 0 Å². The molecule has 0 saturated heterocycles. The Hall–Kier alpha value is -0.0800. The second-order valence-corrected chi connectivity index (χ2v) is 4.36. The van der Waals surface area contributed by atoms with E-state index < -0.39 is 0 Å². The summed E-state index contributed by atoms with van der Waals surface area (Å²) in [4.78, 5) is 0.